The Labute approximate surface area is 455 Å². The van der Waals surface area contributed by atoms with Crippen molar-refractivity contribution in [1.29, 1.82) is 0 Å². The first-order chi connectivity index (χ1) is 37.6. The zero-order chi connectivity index (χ0) is 61.4. The maximum Gasteiger partial charge on any atom is 0.490 e. The number of piperidine rings is 1. The van der Waals surface area contributed by atoms with Crippen molar-refractivity contribution < 1.29 is 103 Å². The monoisotopic (exact) mass is 1170 g/mol. The average Bonchev–Trinajstić information content (AvgIpc) is 3.54. The summed E-state index contributed by atoms with van der Waals surface area (Å²) in [4.78, 5) is 128. The van der Waals surface area contributed by atoms with Gasteiger partial charge >= 0.3 is 36.4 Å². The van der Waals surface area contributed by atoms with Crippen molar-refractivity contribution in [2.45, 2.75) is 76.6 Å². The van der Waals surface area contributed by atoms with Crippen LogP contribution in [0.5, 0.6) is 0 Å². The predicted molar refractivity (Wildman–Crippen MR) is 267 cm³/mol. The largest absolute Gasteiger partial charge is 0.490 e. The van der Waals surface area contributed by atoms with E-state index in [0.717, 1.165) is 12.8 Å². The smallest absolute Gasteiger partial charge is 0.475 e. The summed E-state index contributed by atoms with van der Waals surface area (Å²) in [6.07, 6.45) is -12.6. The van der Waals surface area contributed by atoms with Gasteiger partial charge in [-0.25, -0.2) is 14.4 Å². The number of alkyl halides is 9. The minimum Gasteiger partial charge on any atom is -0.475 e. The standard InChI is InChI=1S/C41H58N12O7.3C2HF3O2/c1-27(38(58)49-32(40(60)47-28(2)54)10-7-15-45-41(42)43)46-35(55)25-44-16-19-50-20-22-52(23-21-50)36(56)24-29-13-17-51(18-14-29)26-37(57)53-33-11-5-3-8-30(33)39(59)48-31-9-4-6-12-34(31)53;3*3-2(4,5)1(6)7/h3-6,8-9,11-12,27,29,32,44H,7,10,13-26H2,1-2H3,(H,46,55)(H,48,59)(H,49,58)(H4,42,43,45)(H,47,54,60);3*(H,6,7)/t27-,32-;;;/m0.../s1. The number of nitrogens with one attached hydrogen (secondary N) is 5. The molecule has 3 aliphatic rings. The van der Waals surface area contributed by atoms with Crippen molar-refractivity contribution in [3.8, 4) is 0 Å². The van der Waals surface area contributed by atoms with E-state index in [1.807, 2.05) is 29.2 Å². The first kappa shape index (κ1) is 69.0. The quantitative estimate of drug-likeness (QED) is 0.0463. The van der Waals surface area contributed by atoms with Gasteiger partial charge in [-0.15, -0.1) is 0 Å². The summed E-state index contributed by atoms with van der Waals surface area (Å²) in [5, 5.41) is 34.8. The Bertz CT molecular complexity index is 2490. The van der Waals surface area contributed by atoms with Crippen LogP contribution in [-0.4, -0.2) is 198 Å². The fraction of sp³-hybridized carbons (Fsp3) is 0.511. The Kier molecular flexibility index (Phi) is 27.4. The summed E-state index contributed by atoms with van der Waals surface area (Å²) in [5.41, 5.74) is 12.9. The fourth-order valence-electron chi connectivity index (χ4n) is 7.56. The number of carboxylic acid groups (broad SMARTS) is 3. The zero-order valence-electron chi connectivity index (χ0n) is 43.4. The molecule has 0 saturated carbocycles. The van der Waals surface area contributed by atoms with E-state index in [-0.39, 0.29) is 55.7 Å². The number of para-hydroxylation sites is 3. The number of nitrogens with zero attached hydrogens (tertiary/aromatic N) is 5. The van der Waals surface area contributed by atoms with Gasteiger partial charge in [-0.3, -0.25) is 58.6 Å². The highest BCUT2D eigenvalue weighted by Crippen LogP contribution is 2.38. The van der Waals surface area contributed by atoms with Gasteiger partial charge in [0.25, 0.3) is 5.91 Å². The number of benzene rings is 2. The molecule has 2 atom stereocenters. The number of aliphatic carboxylic acids is 3. The van der Waals surface area contributed by atoms with Crippen LogP contribution in [0.1, 0.15) is 56.3 Å². The number of nitrogens with two attached hydrogens (primary N) is 2. The number of carbonyl (C=O) groups excluding carboxylic acids is 7. The number of aliphatic imine (C=N–C) groups is 1. The lowest BCUT2D eigenvalue weighted by Crippen LogP contribution is -2.54. The number of hydrogen-bond donors (Lipinski definition) is 10. The van der Waals surface area contributed by atoms with E-state index in [2.05, 4.69) is 41.4 Å². The summed E-state index contributed by atoms with van der Waals surface area (Å²) >= 11 is 0. The molecule has 34 heteroatoms. The molecule has 3 heterocycles. The van der Waals surface area contributed by atoms with Crippen LogP contribution in [0.2, 0.25) is 0 Å². The highest BCUT2D eigenvalue weighted by Gasteiger charge is 2.40. The lowest BCUT2D eigenvalue weighted by molar-refractivity contribution is -0.193. The van der Waals surface area contributed by atoms with E-state index in [1.165, 1.54) is 13.8 Å². The summed E-state index contributed by atoms with van der Waals surface area (Å²) in [6.45, 7) is 8.38. The number of amides is 7. The van der Waals surface area contributed by atoms with Crippen molar-refractivity contribution in [1.82, 2.24) is 36.0 Å². The van der Waals surface area contributed by atoms with Gasteiger partial charge in [0.05, 0.1) is 35.7 Å². The summed E-state index contributed by atoms with van der Waals surface area (Å²) in [7, 11) is 0. The number of carbonyl (C=O) groups is 10. The van der Waals surface area contributed by atoms with E-state index < -0.39 is 72.1 Å². The van der Waals surface area contributed by atoms with E-state index in [0.29, 0.717) is 87.8 Å². The van der Waals surface area contributed by atoms with Crippen molar-refractivity contribution >= 4 is 82.3 Å². The third kappa shape index (κ3) is 25.2. The van der Waals surface area contributed by atoms with Crippen LogP contribution in [0.4, 0.5) is 56.6 Å². The second-order valence-corrected chi connectivity index (χ2v) is 17.8. The van der Waals surface area contributed by atoms with Crippen LogP contribution in [0.15, 0.2) is 53.5 Å². The molecule has 2 saturated heterocycles. The van der Waals surface area contributed by atoms with Crippen LogP contribution in [-0.2, 0) is 43.2 Å². The molecule has 450 valence electrons. The van der Waals surface area contributed by atoms with Crippen molar-refractivity contribution in [2.75, 3.05) is 82.2 Å². The number of imide groups is 1. The van der Waals surface area contributed by atoms with Gasteiger partial charge in [-0.1, -0.05) is 24.3 Å². The summed E-state index contributed by atoms with van der Waals surface area (Å²) < 4.78 is 95.2. The number of anilines is 3. The minimum atomic E-state index is -5.08. The van der Waals surface area contributed by atoms with Crippen molar-refractivity contribution in [3.05, 3.63) is 54.1 Å². The van der Waals surface area contributed by atoms with Gasteiger partial charge in [-0.2, -0.15) is 39.5 Å². The average molecular weight is 1170 g/mol. The zero-order valence-corrected chi connectivity index (χ0v) is 43.4. The van der Waals surface area contributed by atoms with Gasteiger partial charge < -0.3 is 53.0 Å². The molecule has 81 heavy (non-hydrogen) atoms. The topological polar surface area (TPSA) is 369 Å². The van der Waals surface area contributed by atoms with Crippen LogP contribution in [0, 0.1) is 5.92 Å². The van der Waals surface area contributed by atoms with Gasteiger partial charge in [0.15, 0.2) is 5.96 Å². The normalized spacial score (nSPS) is 15.4. The molecule has 12 N–H and O–H groups in total. The molecule has 7 amide bonds. The predicted octanol–water partition coefficient (Wildman–Crippen LogP) is 1.36. The SMILES string of the molecule is CC(=O)NC(=O)[C@H](CCCN=C(N)N)NC(=O)[C@H](C)NC(=O)CNCCN1CCN(C(=O)CC2CCN(CC(=O)N3c4ccccc4NC(=O)c4ccccc43)CC2)CC1.O=C(O)C(F)(F)F.O=C(O)C(F)(F)F.O=C(O)C(F)(F)F. The first-order valence-electron chi connectivity index (χ1n) is 24.2. The van der Waals surface area contributed by atoms with Crippen molar-refractivity contribution in [3.63, 3.8) is 0 Å². The first-order valence-corrected chi connectivity index (χ1v) is 24.2. The number of carboxylic acids is 3. The second-order valence-electron chi connectivity index (χ2n) is 17.8. The highest BCUT2D eigenvalue weighted by atomic mass is 19.4. The lowest BCUT2D eigenvalue weighted by atomic mass is 9.93. The van der Waals surface area contributed by atoms with Gasteiger partial charge in [0.2, 0.25) is 35.4 Å². The Morgan fingerprint density at radius 3 is 1.75 bits per heavy atom. The number of rotatable bonds is 17. The molecule has 0 unspecified atom stereocenters. The molecule has 5 rings (SSSR count). The maximum atomic E-state index is 13.9. The highest BCUT2D eigenvalue weighted by molar-refractivity contribution is 6.18. The Balaban J connectivity index is 0.000000900. The van der Waals surface area contributed by atoms with Crippen LogP contribution >= 0.6 is 0 Å². The fourth-order valence-corrected chi connectivity index (χ4v) is 7.56. The molecule has 0 bridgehead atoms. The van der Waals surface area contributed by atoms with E-state index in [1.54, 1.807) is 29.2 Å². The number of fused-ring (bicyclic) bond motifs is 2. The molecule has 3 aliphatic heterocycles. The van der Waals surface area contributed by atoms with E-state index >= 15 is 0 Å². The van der Waals surface area contributed by atoms with Crippen LogP contribution in [0.25, 0.3) is 0 Å². The summed E-state index contributed by atoms with van der Waals surface area (Å²) in [6, 6.07) is 12.5. The summed E-state index contributed by atoms with van der Waals surface area (Å²) in [5.74, 6) is -10.6. The molecule has 25 nitrogen and oxygen atoms in total. The van der Waals surface area contributed by atoms with Crippen LogP contribution < -0.4 is 43.0 Å². The molecule has 0 radical (unpaired) electrons. The molecular weight excluding hydrogens is 1110 g/mol. The molecule has 0 aromatic heterocycles. The second kappa shape index (κ2) is 32.2. The number of piperazine rings is 1. The Morgan fingerprint density at radius 2 is 1.23 bits per heavy atom. The maximum absolute atomic E-state index is 13.9. The van der Waals surface area contributed by atoms with Crippen LogP contribution in [0.3, 0.4) is 0 Å². The molecule has 0 spiro atoms. The van der Waals surface area contributed by atoms with Gasteiger partial charge in [0.1, 0.15) is 12.1 Å². The third-order valence-electron chi connectivity index (χ3n) is 11.6. The lowest BCUT2D eigenvalue weighted by Gasteiger charge is -2.37. The minimum absolute atomic E-state index is 0.0194. The number of likely N-dealkylation sites (tertiary alicyclic amines) is 1. The molecule has 0 aliphatic carbocycles. The van der Waals surface area contributed by atoms with Crippen molar-refractivity contribution in [2.24, 2.45) is 22.4 Å². The molecule has 2 aromatic rings. The Morgan fingerprint density at radius 1 is 0.716 bits per heavy atom. The Hall–Kier alpha value is -8.14. The van der Waals surface area contributed by atoms with Gasteiger partial charge in [0, 0.05) is 59.2 Å². The number of hydrogen-bond acceptors (Lipinski definition) is 14. The van der Waals surface area contributed by atoms with Gasteiger partial charge in [-0.05, 0) is 75.9 Å². The van der Waals surface area contributed by atoms with E-state index in [9.17, 15) is 73.1 Å². The molecular formula is C47H61F9N12O13. The number of guanidine groups is 1. The third-order valence-corrected chi connectivity index (χ3v) is 11.6. The number of halogens is 9. The molecule has 2 fully saturated rings. The molecule has 2 aromatic carbocycles. The van der Waals surface area contributed by atoms with E-state index in [4.69, 9.17) is 41.2 Å².